The van der Waals surface area contributed by atoms with Crippen molar-refractivity contribution in [3.63, 3.8) is 0 Å². The third-order valence-electron chi connectivity index (χ3n) is 5.87. The highest BCUT2D eigenvalue weighted by molar-refractivity contribution is 5.91. The number of hydrogen-bond donors (Lipinski definition) is 0. The van der Waals surface area contributed by atoms with Gasteiger partial charge in [0.25, 0.3) is 0 Å². The Morgan fingerprint density at radius 3 is 1.78 bits per heavy atom. The Balaban J connectivity index is 1.61. The molecule has 1 aliphatic heterocycles. The van der Waals surface area contributed by atoms with E-state index >= 15 is 0 Å². The summed E-state index contributed by atoms with van der Waals surface area (Å²) in [5.74, 6) is 0.525. The van der Waals surface area contributed by atoms with Crippen molar-refractivity contribution in [3.05, 3.63) is 108 Å². The normalized spacial score (nSPS) is 22.7. The lowest BCUT2D eigenvalue weighted by atomic mass is 9.91. The molecule has 182 valence electrons. The number of terminal acetylenes is 1. The molecule has 4 atom stereocenters. The van der Waals surface area contributed by atoms with E-state index in [1.165, 1.54) is 0 Å². The number of benzene rings is 3. The third-order valence-corrected chi connectivity index (χ3v) is 5.87. The standard InChI is InChI=1S/C29H24O7/c1-3-29(36-28(32)23-17-11-6-12-18-23)20(2)34-24(19-33-26(30)21-13-7-4-8-14-21)25(29)35-27(31)22-15-9-5-10-16-22/h1,4-18,20,24-25H,19H2,2H3/t20?,24-,25-,29+/m1/s1. The van der Waals surface area contributed by atoms with Crippen LogP contribution in [0, 0.1) is 12.3 Å². The summed E-state index contributed by atoms with van der Waals surface area (Å²) in [6, 6.07) is 25.0. The third kappa shape index (κ3) is 5.14. The van der Waals surface area contributed by atoms with Gasteiger partial charge in [-0.1, -0.05) is 60.5 Å². The van der Waals surface area contributed by atoms with E-state index in [0.29, 0.717) is 5.56 Å². The molecule has 0 radical (unpaired) electrons. The number of ether oxygens (including phenoxy) is 4. The van der Waals surface area contributed by atoms with E-state index in [2.05, 4.69) is 5.92 Å². The maximum Gasteiger partial charge on any atom is 0.339 e. The predicted octanol–water partition coefficient (Wildman–Crippen LogP) is 4.09. The van der Waals surface area contributed by atoms with Crippen LogP contribution in [0.2, 0.25) is 0 Å². The zero-order valence-corrected chi connectivity index (χ0v) is 19.5. The molecule has 1 saturated heterocycles. The fourth-order valence-corrected chi connectivity index (χ4v) is 3.96. The summed E-state index contributed by atoms with van der Waals surface area (Å²) in [6.45, 7) is 1.33. The van der Waals surface area contributed by atoms with Gasteiger partial charge in [0.1, 0.15) is 18.8 Å². The molecule has 0 N–H and O–H groups in total. The van der Waals surface area contributed by atoms with Gasteiger partial charge in [-0.2, -0.15) is 0 Å². The zero-order valence-electron chi connectivity index (χ0n) is 19.5. The smallest absolute Gasteiger partial charge is 0.339 e. The molecule has 0 aliphatic carbocycles. The van der Waals surface area contributed by atoms with Gasteiger partial charge >= 0.3 is 17.9 Å². The largest absolute Gasteiger partial charge is 0.459 e. The van der Waals surface area contributed by atoms with Gasteiger partial charge < -0.3 is 18.9 Å². The Labute approximate surface area is 208 Å². The summed E-state index contributed by atoms with van der Waals surface area (Å²) in [6.07, 6.45) is 2.79. The van der Waals surface area contributed by atoms with E-state index in [4.69, 9.17) is 25.4 Å². The number of esters is 3. The molecule has 1 fully saturated rings. The maximum absolute atomic E-state index is 13.0. The molecule has 0 spiro atoms. The van der Waals surface area contributed by atoms with Gasteiger partial charge in [0.15, 0.2) is 6.10 Å². The van der Waals surface area contributed by atoms with Crippen molar-refractivity contribution < 1.29 is 33.3 Å². The van der Waals surface area contributed by atoms with Crippen LogP contribution in [0.4, 0.5) is 0 Å². The van der Waals surface area contributed by atoms with Gasteiger partial charge in [-0.05, 0) is 43.3 Å². The second kappa shape index (κ2) is 10.9. The fourth-order valence-electron chi connectivity index (χ4n) is 3.96. The summed E-state index contributed by atoms with van der Waals surface area (Å²) in [4.78, 5) is 38.5. The molecule has 3 aromatic carbocycles. The van der Waals surface area contributed by atoms with Crippen molar-refractivity contribution in [2.24, 2.45) is 0 Å². The highest BCUT2D eigenvalue weighted by Gasteiger charge is 2.60. The average Bonchev–Trinajstić information content (AvgIpc) is 3.18. The first-order valence-corrected chi connectivity index (χ1v) is 11.3. The first kappa shape index (κ1) is 24.7. The average molecular weight is 485 g/mol. The topological polar surface area (TPSA) is 88.1 Å². The second-order valence-electron chi connectivity index (χ2n) is 8.17. The molecule has 0 saturated carbocycles. The zero-order chi connectivity index (χ0) is 25.5. The lowest BCUT2D eigenvalue weighted by Gasteiger charge is -2.32. The fraction of sp³-hybridized carbons (Fsp3) is 0.207. The second-order valence-corrected chi connectivity index (χ2v) is 8.17. The van der Waals surface area contributed by atoms with Crippen LogP contribution in [0.1, 0.15) is 38.0 Å². The van der Waals surface area contributed by atoms with Gasteiger partial charge in [-0.25, -0.2) is 14.4 Å². The Bertz CT molecular complexity index is 1250. The predicted molar refractivity (Wildman–Crippen MR) is 130 cm³/mol. The molecule has 0 aromatic heterocycles. The summed E-state index contributed by atoms with van der Waals surface area (Å²) in [7, 11) is 0. The monoisotopic (exact) mass is 484 g/mol. The summed E-state index contributed by atoms with van der Waals surface area (Å²) in [5, 5.41) is 0. The summed E-state index contributed by atoms with van der Waals surface area (Å²) < 4.78 is 23.0. The van der Waals surface area contributed by atoms with Crippen molar-refractivity contribution in [3.8, 4) is 12.3 Å². The Kier molecular flexibility index (Phi) is 7.47. The molecule has 7 heteroatoms. The highest BCUT2D eigenvalue weighted by Crippen LogP contribution is 2.38. The van der Waals surface area contributed by atoms with Crippen LogP contribution in [0.15, 0.2) is 91.0 Å². The number of carbonyl (C=O) groups is 3. The number of hydrogen-bond acceptors (Lipinski definition) is 7. The van der Waals surface area contributed by atoms with E-state index in [1.807, 2.05) is 0 Å². The van der Waals surface area contributed by atoms with Gasteiger partial charge in [-0.15, -0.1) is 6.42 Å². The van der Waals surface area contributed by atoms with Crippen LogP contribution < -0.4 is 0 Å². The molecule has 3 aromatic rings. The van der Waals surface area contributed by atoms with Crippen LogP contribution >= 0.6 is 0 Å². The Hall–Kier alpha value is -4.41. The first-order chi connectivity index (χ1) is 17.4. The summed E-state index contributed by atoms with van der Waals surface area (Å²) >= 11 is 0. The molecule has 0 amide bonds. The van der Waals surface area contributed by atoms with Gasteiger partial charge in [0.2, 0.25) is 5.60 Å². The first-order valence-electron chi connectivity index (χ1n) is 11.3. The molecular weight excluding hydrogens is 460 g/mol. The molecule has 1 unspecified atom stereocenters. The Morgan fingerprint density at radius 1 is 0.806 bits per heavy atom. The van der Waals surface area contributed by atoms with Gasteiger partial charge in [-0.3, -0.25) is 0 Å². The van der Waals surface area contributed by atoms with E-state index in [1.54, 1.807) is 97.9 Å². The van der Waals surface area contributed by atoms with E-state index in [9.17, 15) is 14.4 Å². The van der Waals surface area contributed by atoms with E-state index in [0.717, 1.165) is 0 Å². The minimum absolute atomic E-state index is 0.270. The number of carbonyl (C=O) groups excluding carboxylic acids is 3. The Morgan fingerprint density at radius 2 is 1.28 bits per heavy atom. The van der Waals surface area contributed by atoms with Crippen molar-refractivity contribution in [2.45, 2.75) is 30.8 Å². The van der Waals surface area contributed by atoms with Crippen LogP contribution in [-0.2, 0) is 18.9 Å². The van der Waals surface area contributed by atoms with Crippen molar-refractivity contribution in [1.82, 2.24) is 0 Å². The number of rotatable bonds is 7. The van der Waals surface area contributed by atoms with Crippen LogP contribution in [0.3, 0.4) is 0 Å². The SMILES string of the molecule is C#C[C@]1(OC(=O)c2ccccc2)C(C)O[C@H](COC(=O)c2ccccc2)[C@H]1OC(=O)c1ccccc1. The van der Waals surface area contributed by atoms with E-state index < -0.39 is 41.8 Å². The van der Waals surface area contributed by atoms with Crippen molar-refractivity contribution in [2.75, 3.05) is 6.61 Å². The molecule has 1 heterocycles. The van der Waals surface area contributed by atoms with Crippen LogP contribution in [0.25, 0.3) is 0 Å². The molecule has 0 bridgehead atoms. The quantitative estimate of drug-likeness (QED) is 0.284. The minimum Gasteiger partial charge on any atom is -0.459 e. The van der Waals surface area contributed by atoms with Gasteiger partial charge in [0, 0.05) is 0 Å². The lowest BCUT2D eigenvalue weighted by molar-refractivity contribution is -0.0643. The summed E-state index contributed by atoms with van der Waals surface area (Å²) in [5.41, 5.74) is -0.870. The maximum atomic E-state index is 13.0. The highest BCUT2D eigenvalue weighted by atomic mass is 16.7. The van der Waals surface area contributed by atoms with Crippen LogP contribution in [0.5, 0.6) is 0 Å². The molecule has 7 nitrogen and oxygen atoms in total. The van der Waals surface area contributed by atoms with E-state index in [-0.39, 0.29) is 17.7 Å². The molecule has 36 heavy (non-hydrogen) atoms. The van der Waals surface area contributed by atoms with Gasteiger partial charge in [0.05, 0.1) is 16.7 Å². The molecule has 4 rings (SSSR count). The molecule has 1 aliphatic rings. The van der Waals surface area contributed by atoms with Crippen molar-refractivity contribution in [1.29, 1.82) is 0 Å². The molecular formula is C29H24O7. The van der Waals surface area contributed by atoms with Crippen LogP contribution in [-0.4, -0.2) is 48.4 Å². The minimum atomic E-state index is -1.76. The lowest BCUT2D eigenvalue weighted by Crippen LogP contribution is -2.52. The van der Waals surface area contributed by atoms with Crippen molar-refractivity contribution >= 4 is 17.9 Å².